The van der Waals surface area contributed by atoms with Gasteiger partial charge in [-0.3, -0.25) is 4.79 Å². The summed E-state index contributed by atoms with van der Waals surface area (Å²) in [5.41, 5.74) is -0.842. The molecule has 2 N–H and O–H groups in total. The van der Waals surface area contributed by atoms with E-state index in [1.165, 1.54) is 0 Å². The largest absolute Gasteiger partial charge is 0.471 e. The first-order chi connectivity index (χ1) is 8.06. The van der Waals surface area contributed by atoms with Crippen molar-refractivity contribution in [3.8, 4) is 0 Å². The number of hydrogen-bond donors (Lipinski definition) is 2. The molecule has 0 aromatic carbocycles. The third kappa shape index (κ3) is 8.30. The van der Waals surface area contributed by atoms with Crippen molar-refractivity contribution < 1.29 is 23.1 Å². The van der Waals surface area contributed by atoms with E-state index in [0.717, 1.165) is 0 Å². The Kier molecular flexibility index (Phi) is 6.62. The van der Waals surface area contributed by atoms with Gasteiger partial charge in [0.1, 0.15) is 0 Å². The molecule has 0 fully saturated rings. The van der Waals surface area contributed by atoms with E-state index in [-0.39, 0.29) is 6.54 Å². The number of rotatable bonds is 7. The van der Waals surface area contributed by atoms with Crippen molar-refractivity contribution in [1.29, 1.82) is 0 Å². The highest BCUT2D eigenvalue weighted by Gasteiger charge is 2.38. The van der Waals surface area contributed by atoms with Crippen LogP contribution < -0.4 is 5.32 Å². The Labute approximate surface area is 105 Å². The van der Waals surface area contributed by atoms with E-state index < -0.39 is 17.7 Å². The Bertz CT molecular complexity index is 262. The molecule has 0 saturated heterocycles. The molecule has 0 radical (unpaired) electrons. The summed E-state index contributed by atoms with van der Waals surface area (Å²) in [7, 11) is 0. The first-order valence-electron chi connectivity index (χ1n) is 5.86. The smallest absolute Gasteiger partial charge is 0.389 e. The maximum atomic E-state index is 11.9. The first-order valence-corrected chi connectivity index (χ1v) is 5.86. The quantitative estimate of drug-likeness (QED) is 0.682. The fourth-order valence-corrected chi connectivity index (χ4v) is 1.50. The molecule has 18 heavy (non-hydrogen) atoms. The molecule has 0 aliphatic heterocycles. The number of nitrogens with one attached hydrogen (secondary N) is 1. The number of alkyl halides is 3. The molecule has 0 aromatic rings. The number of carbonyl (C=O) groups is 1. The number of carbonyl (C=O) groups excluding carboxylic acids is 1. The fraction of sp³-hybridized carbons (Fsp3) is 0.909. The zero-order valence-corrected chi connectivity index (χ0v) is 11.0. The Morgan fingerprint density at radius 3 is 2.28 bits per heavy atom. The van der Waals surface area contributed by atoms with Gasteiger partial charge in [0, 0.05) is 13.1 Å². The molecule has 0 atom stereocenters. The summed E-state index contributed by atoms with van der Waals surface area (Å²) < 4.78 is 35.6. The number of amides is 1. The summed E-state index contributed by atoms with van der Waals surface area (Å²) in [5, 5.41) is 11.4. The Balaban J connectivity index is 3.86. The van der Waals surface area contributed by atoms with Crippen LogP contribution in [0.5, 0.6) is 0 Å². The van der Waals surface area contributed by atoms with Crippen molar-refractivity contribution in [2.75, 3.05) is 26.2 Å². The molecular formula is C11H21F3N2O2. The lowest BCUT2D eigenvalue weighted by Crippen LogP contribution is -2.41. The van der Waals surface area contributed by atoms with Crippen molar-refractivity contribution in [2.24, 2.45) is 0 Å². The lowest BCUT2D eigenvalue weighted by molar-refractivity contribution is -0.173. The molecule has 0 spiro atoms. The number of aliphatic hydroxyl groups is 1. The summed E-state index contributed by atoms with van der Waals surface area (Å²) in [4.78, 5) is 12.4. The zero-order valence-electron chi connectivity index (χ0n) is 11.0. The molecule has 0 heterocycles. The van der Waals surface area contributed by atoms with Crippen LogP contribution in [0.15, 0.2) is 0 Å². The molecule has 108 valence electrons. The second-order valence-corrected chi connectivity index (χ2v) is 4.79. The second-order valence-electron chi connectivity index (χ2n) is 4.79. The molecule has 0 aromatic heterocycles. The monoisotopic (exact) mass is 270 g/mol. The normalized spacial score (nSPS) is 12.9. The molecule has 0 aliphatic rings. The minimum absolute atomic E-state index is 0.0271. The van der Waals surface area contributed by atoms with Gasteiger partial charge in [-0.05, 0) is 33.4 Å². The average Bonchev–Trinajstić information content (AvgIpc) is 2.19. The number of nitrogens with zero attached hydrogens (tertiary/aromatic N) is 1. The molecule has 0 saturated carbocycles. The van der Waals surface area contributed by atoms with Crippen LogP contribution in [0.2, 0.25) is 0 Å². The van der Waals surface area contributed by atoms with Crippen LogP contribution in [0.3, 0.4) is 0 Å². The predicted octanol–water partition coefficient (Wildman–Crippen LogP) is 1.15. The highest BCUT2D eigenvalue weighted by atomic mass is 19.4. The Morgan fingerprint density at radius 1 is 1.33 bits per heavy atom. The molecule has 0 bridgehead atoms. The summed E-state index contributed by atoms with van der Waals surface area (Å²) >= 11 is 0. The lowest BCUT2D eigenvalue weighted by Gasteiger charge is -2.27. The van der Waals surface area contributed by atoms with E-state index in [2.05, 4.69) is 0 Å². The molecule has 0 aliphatic carbocycles. The molecular weight excluding hydrogens is 249 g/mol. The van der Waals surface area contributed by atoms with E-state index in [4.69, 9.17) is 0 Å². The van der Waals surface area contributed by atoms with Gasteiger partial charge >= 0.3 is 12.1 Å². The van der Waals surface area contributed by atoms with Crippen LogP contribution in [0.4, 0.5) is 13.2 Å². The van der Waals surface area contributed by atoms with Gasteiger partial charge in [0.2, 0.25) is 0 Å². The molecule has 0 rings (SSSR count). The van der Waals surface area contributed by atoms with Gasteiger partial charge in [-0.2, -0.15) is 13.2 Å². The maximum absolute atomic E-state index is 11.9. The standard InChI is InChI=1S/C11H21F3N2O2/c1-4-16(8-10(2,3)18)7-5-6-15-9(17)11(12,13)14/h18H,4-8H2,1-3H3,(H,15,17). The van der Waals surface area contributed by atoms with Gasteiger partial charge in [0.15, 0.2) is 0 Å². The van der Waals surface area contributed by atoms with Gasteiger partial charge < -0.3 is 15.3 Å². The van der Waals surface area contributed by atoms with Gasteiger partial charge in [-0.1, -0.05) is 6.92 Å². The van der Waals surface area contributed by atoms with E-state index in [1.54, 1.807) is 13.8 Å². The van der Waals surface area contributed by atoms with E-state index in [0.29, 0.717) is 26.1 Å². The highest BCUT2D eigenvalue weighted by molar-refractivity contribution is 5.81. The Hall–Kier alpha value is -0.820. The van der Waals surface area contributed by atoms with Gasteiger partial charge in [0.05, 0.1) is 5.60 Å². The SMILES string of the molecule is CCN(CCCNC(=O)C(F)(F)F)CC(C)(C)O. The van der Waals surface area contributed by atoms with E-state index in [1.807, 2.05) is 17.1 Å². The third-order valence-electron chi connectivity index (χ3n) is 2.25. The van der Waals surface area contributed by atoms with Crippen molar-refractivity contribution in [3.05, 3.63) is 0 Å². The van der Waals surface area contributed by atoms with Gasteiger partial charge in [-0.25, -0.2) is 0 Å². The zero-order chi connectivity index (χ0) is 14.4. The van der Waals surface area contributed by atoms with Crippen LogP contribution in [-0.4, -0.2) is 53.9 Å². The summed E-state index contributed by atoms with van der Waals surface area (Å²) in [5.74, 6) is -1.91. The summed E-state index contributed by atoms with van der Waals surface area (Å²) in [6.07, 6.45) is -4.41. The van der Waals surface area contributed by atoms with Gasteiger partial charge in [-0.15, -0.1) is 0 Å². The van der Waals surface area contributed by atoms with Crippen molar-refractivity contribution >= 4 is 5.91 Å². The third-order valence-corrected chi connectivity index (χ3v) is 2.25. The number of hydrogen-bond acceptors (Lipinski definition) is 3. The number of likely N-dealkylation sites (N-methyl/N-ethyl adjacent to an activating group) is 1. The van der Waals surface area contributed by atoms with Crippen LogP contribution in [-0.2, 0) is 4.79 Å². The fourth-order valence-electron chi connectivity index (χ4n) is 1.50. The minimum atomic E-state index is -4.82. The topological polar surface area (TPSA) is 52.6 Å². The van der Waals surface area contributed by atoms with E-state index >= 15 is 0 Å². The highest BCUT2D eigenvalue weighted by Crippen LogP contribution is 2.13. The average molecular weight is 270 g/mol. The van der Waals surface area contributed by atoms with Gasteiger partial charge in [0.25, 0.3) is 0 Å². The first kappa shape index (κ1) is 17.2. The molecule has 1 amide bonds. The summed E-state index contributed by atoms with van der Waals surface area (Å²) in [6, 6.07) is 0. The van der Waals surface area contributed by atoms with Crippen LogP contribution in [0, 0.1) is 0 Å². The predicted molar refractivity (Wildman–Crippen MR) is 62.1 cm³/mol. The van der Waals surface area contributed by atoms with Crippen LogP contribution >= 0.6 is 0 Å². The van der Waals surface area contributed by atoms with Crippen LogP contribution in [0.25, 0.3) is 0 Å². The summed E-state index contributed by atoms with van der Waals surface area (Å²) in [6.45, 7) is 6.87. The van der Waals surface area contributed by atoms with Crippen molar-refractivity contribution in [1.82, 2.24) is 10.2 Å². The maximum Gasteiger partial charge on any atom is 0.471 e. The second kappa shape index (κ2) is 6.94. The van der Waals surface area contributed by atoms with Crippen molar-refractivity contribution in [2.45, 2.75) is 39.0 Å². The van der Waals surface area contributed by atoms with E-state index in [9.17, 15) is 23.1 Å². The minimum Gasteiger partial charge on any atom is -0.389 e. The molecule has 0 unspecified atom stereocenters. The van der Waals surface area contributed by atoms with Crippen molar-refractivity contribution in [3.63, 3.8) is 0 Å². The Morgan fingerprint density at radius 2 is 1.89 bits per heavy atom. The lowest BCUT2D eigenvalue weighted by atomic mass is 10.1. The molecule has 7 heteroatoms. The van der Waals surface area contributed by atoms with Crippen LogP contribution in [0.1, 0.15) is 27.2 Å². The number of halogens is 3. The molecule has 4 nitrogen and oxygen atoms in total.